The summed E-state index contributed by atoms with van der Waals surface area (Å²) in [7, 11) is 3.24. The molecule has 0 aromatic heterocycles. The van der Waals surface area contributed by atoms with E-state index >= 15 is 0 Å². The first-order chi connectivity index (χ1) is 6.81. The summed E-state index contributed by atoms with van der Waals surface area (Å²) in [6.07, 6.45) is 3.82. The van der Waals surface area contributed by atoms with E-state index in [0.717, 1.165) is 17.1 Å². The molecule has 0 fully saturated rings. The molecule has 0 spiro atoms. The summed E-state index contributed by atoms with van der Waals surface area (Å²) in [6, 6.07) is 5.72. The second kappa shape index (κ2) is 5.55. The molecule has 0 saturated carbocycles. The highest BCUT2D eigenvalue weighted by Crippen LogP contribution is 2.27. The maximum absolute atomic E-state index is 5.54. The Morgan fingerprint density at radius 2 is 1.93 bits per heavy atom. The normalized spacial score (nSPS) is 10.5. The predicted molar refractivity (Wildman–Crippen MR) is 59.3 cm³/mol. The summed E-state index contributed by atoms with van der Waals surface area (Å²) in [5.41, 5.74) is 1.04. The van der Waals surface area contributed by atoms with E-state index in [9.17, 15) is 0 Å². The van der Waals surface area contributed by atoms with Crippen LogP contribution < -0.4 is 9.47 Å². The fraction of sp³-hybridized carbons (Fsp3) is 0.273. The van der Waals surface area contributed by atoms with Gasteiger partial charge in [0.2, 0.25) is 0 Å². The first-order valence-electron chi connectivity index (χ1n) is 4.26. The number of alkyl halides is 1. The maximum atomic E-state index is 5.54. The zero-order valence-electron chi connectivity index (χ0n) is 8.29. The van der Waals surface area contributed by atoms with Gasteiger partial charge in [0, 0.05) is 5.88 Å². The van der Waals surface area contributed by atoms with Crippen molar-refractivity contribution >= 4 is 17.7 Å². The van der Waals surface area contributed by atoms with Gasteiger partial charge in [-0.15, -0.1) is 11.6 Å². The van der Waals surface area contributed by atoms with Crippen molar-refractivity contribution in [1.29, 1.82) is 0 Å². The van der Waals surface area contributed by atoms with Gasteiger partial charge in [-0.1, -0.05) is 18.2 Å². The van der Waals surface area contributed by atoms with Gasteiger partial charge in [0.05, 0.1) is 14.2 Å². The average molecular weight is 213 g/mol. The van der Waals surface area contributed by atoms with E-state index in [1.54, 1.807) is 14.2 Å². The molecule has 0 amide bonds. The second-order valence-corrected chi connectivity index (χ2v) is 2.98. The van der Waals surface area contributed by atoms with Crippen LogP contribution in [0.5, 0.6) is 11.5 Å². The van der Waals surface area contributed by atoms with Crippen LogP contribution in [0.1, 0.15) is 5.56 Å². The first-order valence-corrected chi connectivity index (χ1v) is 4.79. The number of allylic oxidation sites excluding steroid dienone is 1. The molecule has 0 radical (unpaired) electrons. The number of ether oxygens (including phenoxy) is 2. The molecule has 0 unspecified atom stereocenters. The SMILES string of the molecule is COc1ccc(C=CCCl)cc1OC. The Morgan fingerprint density at radius 1 is 1.21 bits per heavy atom. The number of hydrogen-bond acceptors (Lipinski definition) is 2. The van der Waals surface area contributed by atoms with Crippen LogP contribution in [-0.4, -0.2) is 20.1 Å². The van der Waals surface area contributed by atoms with Crippen molar-refractivity contribution in [2.24, 2.45) is 0 Å². The van der Waals surface area contributed by atoms with E-state index in [1.165, 1.54) is 0 Å². The summed E-state index contributed by atoms with van der Waals surface area (Å²) in [6.45, 7) is 0. The lowest BCUT2D eigenvalue weighted by Gasteiger charge is -2.07. The molecule has 0 atom stereocenters. The second-order valence-electron chi connectivity index (χ2n) is 2.67. The fourth-order valence-electron chi connectivity index (χ4n) is 1.14. The number of methoxy groups -OCH3 is 2. The van der Waals surface area contributed by atoms with Gasteiger partial charge < -0.3 is 9.47 Å². The Kier molecular flexibility index (Phi) is 4.33. The van der Waals surface area contributed by atoms with E-state index in [0.29, 0.717) is 5.88 Å². The monoisotopic (exact) mass is 212 g/mol. The molecule has 1 aromatic carbocycles. The quantitative estimate of drug-likeness (QED) is 0.715. The van der Waals surface area contributed by atoms with Crippen molar-refractivity contribution in [3.63, 3.8) is 0 Å². The number of benzene rings is 1. The molecule has 1 rings (SSSR count). The highest BCUT2D eigenvalue weighted by molar-refractivity contribution is 6.19. The summed E-state index contributed by atoms with van der Waals surface area (Å²) < 4.78 is 10.3. The highest BCUT2D eigenvalue weighted by atomic mass is 35.5. The molecule has 2 nitrogen and oxygen atoms in total. The van der Waals surface area contributed by atoms with Crippen LogP contribution in [0.15, 0.2) is 24.3 Å². The van der Waals surface area contributed by atoms with Crippen LogP contribution in [0.25, 0.3) is 6.08 Å². The topological polar surface area (TPSA) is 18.5 Å². The van der Waals surface area contributed by atoms with Gasteiger partial charge in [0.1, 0.15) is 0 Å². The Morgan fingerprint density at radius 3 is 2.50 bits per heavy atom. The van der Waals surface area contributed by atoms with E-state index in [4.69, 9.17) is 21.1 Å². The van der Waals surface area contributed by atoms with E-state index in [-0.39, 0.29) is 0 Å². The molecule has 76 valence electrons. The lowest BCUT2D eigenvalue weighted by Crippen LogP contribution is -1.90. The number of rotatable bonds is 4. The molecule has 0 bridgehead atoms. The van der Waals surface area contributed by atoms with Crippen LogP contribution in [-0.2, 0) is 0 Å². The fourth-order valence-corrected chi connectivity index (χ4v) is 1.23. The highest BCUT2D eigenvalue weighted by Gasteiger charge is 2.01. The minimum Gasteiger partial charge on any atom is -0.493 e. The summed E-state index contributed by atoms with van der Waals surface area (Å²) in [5.74, 6) is 1.97. The van der Waals surface area contributed by atoms with Crippen LogP contribution >= 0.6 is 11.6 Å². The molecule has 0 aliphatic heterocycles. The molecule has 0 saturated heterocycles. The Balaban J connectivity index is 2.95. The molecule has 0 heterocycles. The maximum Gasteiger partial charge on any atom is 0.161 e. The van der Waals surface area contributed by atoms with Gasteiger partial charge >= 0.3 is 0 Å². The molecule has 1 aromatic rings. The van der Waals surface area contributed by atoms with Gasteiger partial charge in [-0.3, -0.25) is 0 Å². The van der Waals surface area contributed by atoms with Crippen molar-refractivity contribution < 1.29 is 9.47 Å². The lowest BCUT2D eigenvalue weighted by atomic mass is 10.2. The Bertz CT molecular complexity index is 321. The Labute approximate surface area is 89.1 Å². The van der Waals surface area contributed by atoms with Crippen LogP contribution in [0.3, 0.4) is 0 Å². The molecule has 0 aliphatic carbocycles. The van der Waals surface area contributed by atoms with E-state index in [2.05, 4.69) is 0 Å². The van der Waals surface area contributed by atoms with Crippen LogP contribution in [0.2, 0.25) is 0 Å². The van der Waals surface area contributed by atoms with Gasteiger partial charge in [-0.2, -0.15) is 0 Å². The van der Waals surface area contributed by atoms with Crippen molar-refractivity contribution in [3.05, 3.63) is 29.8 Å². The molecular formula is C11H13ClO2. The smallest absolute Gasteiger partial charge is 0.161 e. The van der Waals surface area contributed by atoms with Gasteiger partial charge in [0.25, 0.3) is 0 Å². The summed E-state index contributed by atoms with van der Waals surface area (Å²) >= 11 is 5.54. The summed E-state index contributed by atoms with van der Waals surface area (Å²) in [4.78, 5) is 0. The van der Waals surface area contributed by atoms with E-state index < -0.39 is 0 Å². The third-order valence-corrected chi connectivity index (χ3v) is 1.99. The predicted octanol–water partition coefficient (Wildman–Crippen LogP) is 2.96. The molecular weight excluding hydrogens is 200 g/mol. The van der Waals surface area contributed by atoms with Gasteiger partial charge in [-0.05, 0) is 17.7 Å². The van der Waals surface area contributed by atoms with Gasteiger partial charge in [0.15, 0.2) is 11.5 Å². The summed E-state index contributed by atoms with van der Waals surface area (Å²) in [5, 5.41) is 0. The zero-order valence-corrected chi connectivity index (χ0v) is 9.04. The molecule has 0 N–H and O–H groups in total. The van der Waals surface area contributed by atoms with Crippen molar-refractivity contribution in [2.75, 3.05) is 20.1 Å². The third-order valence-electron chi connectivity index (χ3n) is 1.81. The minimum absolute atomic E-state index is 0.508. The third kappa shape index (κ3) is 2.67. The number of hydrogen-bond donors (Lipinski definition) is 0. The van der Waals surface area contributed by atoms with Crippen LogP contribution in [0.4, 0.5) is 0 Å². The molecule has 3 heteroatoms. The zero-order chi connectivity index (χ0) is 10.4. The Hall–Kier alpha value is -1.15. The largest absolute Gasteiger partial charge is 0.493 e. The molecule has 0 aliphatic rings. The van der Waals surface area contributed by atoms with Crippen molar-refractivity contribution in [1.82, 2.24) is 0 Å². The lowest BCUT2D eigenvalue weighted by molar-refractivity contribution is 0.355. The van der Waals surface area contributed by atoms with Crippen molar-refractivity contribution in [2.45, 2.75) is 0 Å². The molecule has 14 heavy (non-hydrogen) atoms. The van der Waals surface area contributed by atoms with E-state index in [1.807, 2.05) is 30.4 Å². The first kappa shape index (κ1) is 10.9. The van der Waals surface area contributed by atoms with Crippen LogP contribution in [0, 0.1) is 0 Å². The van der Waals surface area contributed by atoms with Crippen molar-refractivity contribution in [3.8, 4) is 11.5 Å². The average Bonchev–Trinajstić information content (AvgIpc) is 2.25. The van der Waals surface area contributed by atoms with Gasteiger partial charge in [-0.25, -0.2) is 0 Å². The number of halogens is 1. The minimum atomic E-state index is 0.508. The standard InChI is InChI=1S/C11H13ClO2/c1-13-10-6-5-9(4-3-7-12)8-11(10)14-2/h3-6,8H,7H2,1-2H3.